The van der Waals surface area contributed by atoms with E-state index in [-0.39, 0.29) is 0 Å². The fourth-order valence-electron chi connectivity index (χ4n) is 1.34. The van der Waals surface area contributed by atoms with Crippen molar-refractivity contribution in [2.75, 3.05) is 7.11 Å². The molecule has 0 amide bonds. The van der Waals surface area contributed by atoms with E-state index in [4.69, 9.17) is 4.74 Å². The SMILES string of the molecule is COc1ccc(Br)c(CC(C)C(C)Br)c1. The van der Waals surface area contributed by atoms with Gasteiger partial charge in [-0.25, -0.2) is 0 Å². The molecule has 0 saturated heterocycles. The number of rotatable bonds is 4. The summed E-state index contributed by atoms with van der Waals surface area (Å²) < 4.78 is 6.38. The number of halogens is 2. The molecule has 0 aliphatic carbocycles. The van der Waals surface area contributed by atoms with Crippen LogP contribution in [0.15, 0.2) is 22.7 Å². The molecule has 2 atom stereocenters. The summed E-state index contributed by atoms with van der Waals surface area (Å²) in [4.78, 5) is 0.524. The van der Waals surface area contributed by atoms with Gasteiger partial charge in [0.15, 0.2) is 0 Å². The smallest absolute Gasteiger partial charge is 0.119 e. The molecule has 0 saturated carbocycles. The van der Waals surface area contributed by atoms with E-state index >= 15 is 0 Å². The highest BCUT2D eigenvalue weighted by molar-refractivity contribution is 9.10. The zero-order valence-corrected chi connectivity index (χ0v) is 12.4. The molecular weight excluding hydrogens is 320 g/mol. The lowest BCUT2D eigenvalue weighted by Gasteiger charge is -2.15. The number of hydrogen-bond donors (Lipinski definition) is 0. The predicted molar refractivity (Wildman–Crippen MR) is 72.0 cm³/mol. The fraction of sp³-hybridized carbons (Fsp3) is 0.500. The number of methoxy groups -OCH3 is 1. The summed E-state index contributed by atoms with van der Waals surface area (Å²) in [5, 5.41) is 0. The Morgan fingerprint density at radius 3 is 2.53 bits per heavy atom. The Kier molecular flexibility index (Phi) is 5.13. The molecule has 84 valence electrons. The number of alkyl halides is 1. The van der Waals surface area contributed by atoms with Crippen LogP contribution in [0, 0.1) is 5.92 Å². The molecule has 0 aromatic heterocycles. The molecule has 2 unspecified atom stereocenters. The van der Waals surface area contributed by atoms with Crippen LogP contribution in [0.2, 0.25) is 0 Å². The third kappa shape index (κ3) is 3.80. The van der Waals surface area contributed by atoms with Crippen LogP contribution in [-0.2, 0) is 6.42 Å². The molecule has 0 bridgehead atoms. The van der Waals surface area contributed by atoms with Crippen molar-refractivity contribution in [3.05, 3.63) is 28.2 Å². The maximum absolute atomic E-state index is 5.22. The van der Waals surface area contributed by atoms with Crippen LogP contribution < -0.4 is 4.74 Å². The van der Waals surface area contributed by atoms with Crippen molar-refractivity contribution in [2.24, 2.45) is 5.92 Å². The lowest BCUT2D eigenvalue weighted by atomic mass is 9.99. The molecule has 1 aromatic carbocycles. The van der Waals surface area contributed by atoms with E-state index in [0.29, 0.717) is 10.7 Å². The summed E-state index contributed by atoms with van der Waals surface area (Å²) in [6.07, 6.45) is 1.05. The molecule has 15 heavy (non-hydrogen) atoms. The fourth-order valence-corrected chi connectivity index (χ4v) is 1.94. The van der Waals surface area contributed by atoms with Crippen LogP contribution in [0.25, 0.3) is 0 Å². The average Bonchev–Trinajstić information content (AvgIpc) is 2.21. The minimum atomic E-state index is 0.524. The molecule has 1 nitrogen and oxygen atoms in total. The van der Waals surface area contributed by atoms with Crippen LogP contribution in [-0.4, -0.2) is 11.9 Å². The van der Waals surface area contributed by atoms with E-state index in [1.54, 1.807) is 7.11 Å². The summed E-state index contributed by atoms with van der Waals surface area (Å²) >= 11 is 7.18. The zero-order chi connectivity index (χ0) is 11.4. The summed E-state index contributed by atoms with van der Waals surface area (Å²) in [7, 11) is 1.70. The third-order valence-electron chi connectivity index (χ3n) is 2.58. The van der Waals surface area contributed by atoms with Gasteiger partial charge in [0.25, 0.3) is 0 Å². The van der Waals surface area contributed by atoms with Gasteiger partial charge in [-0.1, -0.05) is 45.7 Å². The molecule has 1 aromatic rings. The van der Waals surface area contributed by atoms with E-state index in [9.17, 15) is 0 Å². The molecule has 0 radical (unpaired) electrons. The van der Waals surface area contributed by atoms with Crippen LogP contribution >= 0.6 is 31.9 Å². The van der Waals surface area contributed by atoms with Gasteiger partial charge in [0, 0.05) is 9.30 Å². The van der Waals surface area contributed by atoms with Gasteiger partial charge < -0.3 is 4.74 Å². The Morgan fingerprint density at radius 2 is 2.00 bits per heavy atom. The largest absolute Gasteiger partial charge is 0.497 e. The first kappa shape index (κ1) is 13.0. The third-order valence-corrected chi connectivity index (χ3v) is 4.25. The lowest BCUT2D eigenvalue weighted by Crippen LogP contribution is -2.10. The number of ether oxygens (including phenoxy) is 1. The molecule has 1 rings (SSSR count). The minimum absolute atomic E-state index is 0.524. The van der Waals surface area contributed by atoms with Crippen LogP contribution in [0.3, 0.4) is 0 Å². The Bertz CT molecular complexity index is 323. The quantitative estimate of drug-likeness (QED) is 0.740. The van der Waals surface area contributed by atoms with Crippen molar-refractivity contribution in [1.29, 1.82) is 0 Å². The van der Waals surface area contributed by atoms with Crippen LogP contribution in [0.5, 0.6) is 5.75 Å². The second-order valence-electron chi connectivity index (χ2n) is 3.82. The van der Waals surface area contributed by atoms with Gasteiger partial charge in [0.05, 0.1) is 7.11 Å². The Labute approximate surface area is 108 Å². The summed E-state index contributed by atoms with van der Waals surface area (Å²) in [6.45, 7) is 4.42. The highest BCUT2D eigenvalue weighted by Crippen LogP contribution is 2.26. The van der Waals surface area contributed by atoms with E-state index in [2.05, 4.69) is 51.8 Å². The molecular formula is C12H16Br2O. The topological polar surface area (TPSA) is 9.23 Å². The van der Waals surface area contributed by atoms with Crippen molar-refractivity contribution in [3.63, 3.8) is 0 Å². The van der Waals surface area contributed by atoms with Crippen molar-refractivity contribution in [2.45, 2.75) is 25.1 Å². The van der Waals surface area contributed by atoms with Gasteiger partial charge in [-0.2, -0.15) is 0 Å². The van der Waals surface area contributed by atoms with E-state index in [1.165, 1.54) is 5.56 Å². The Morgan fingerprint density at radius 1 is 1.33 bits per heavy atom. The van der Waals surface area contributed by atoms with E-state index < -0.39 is 0 Å². The van der Waals surface area contributed by atoms with Crippen molar-refractivity contribution >= 4 is 31.9 Å². The van der Waals surface area contributed by atoms with Gasteiger partial charge in [0.1, 0.15) is 5.75 Å². The van der Waals surface area contributed by atoms with Crippen molar-refractivity contribution < 1.29 is 4.74 Å². The minimum Gasteiger partial charge on any atom is -0.497 e. The second kappa shape index (κ2) is 5.90. The van der Waals surface area contributed by atoms with Crippen molar-refractivity contribution in [1.82, 2.24) is 0 Å². The van der Waals surface area contributed by atoms with Gasteiger partial charge in [-0.3, -0.25) is 0 Å². The molecule has 0 aliphatic heterocycles. The number of hydrogen-bond acceptors (Lipinski definition) is 1. The zero-order valence-electron chi connectivity index (χ0n) is 9.26. The molecule has 0 aliphatic rings. The Hall–Kier alpha value is -0.0200. The maximum atomic E-state index is 5.22. The Balaban J connectivity index is 2.83. The maximum Gasteiger partial charge on any atom is 0.119 e. The standard InChI is InChI=1S/C12H16Br2O/c1-8(9(2)13)6-10-7-11(15-3)4-5-12(10)14/h4-5,7-9H,6H2,1-3H3. The second-order valence-corrected chi connectivity index (χ2v) is 6.11. The summed E-state index contributed by atoms with van der Waals surface area (Å²) in [6, 6.07) is 6.10. The number of benzene rings is 1. The predicted octanol–water partition coefficient (Wildman–Crippen LogP) is 4.42. The molecule has 0 spiro atoms. The molecule has 0 heterocycles. The first-order valence-electron chi connectivity index (χ1n) is 5.01. The van der Waals surface area contributed by atoms with Gasteiger partial charge in [-0.05, 0) is 36.1 Å². The summed E-state index contributed by atoms with van der Waals surface area (Å²) in [5.41, 5.74) is 1.30. The lowest BCUT2D eigenvalue weighted by molar-refractivity contribution is 0.413. The average molecular weight is 336 g/mol. The van der Waals surface area contributed by atoms with E-state index in [0.717, 1.165) is 16.6 Å². The highest BCUT2D eigenvalue weighted by Gasteiger charge is 2.12. The van der Waals surface area contributed by atoms with Gasteiger partial charge in [0.2, 0.25) is 0 Å². The van der Waals surface area contributed by atoms with E-state index in [1.807, 2.05) is 12.1 Å². The van der Waals surface area contributed by atoms with Crippen LogP contribution in [0.1, 0.15) is 19.4 Å². The van der Waals surface area contributed by atoms with Gasteiger partial charge >= 0.3 is 0 Å². The summed E-state index contributed by atoms with van der Waals surface area (Å²) in [5.74, 6) is 1.52. The van der Waals surface area contributed by atoms with Crippen LogP contribution in [0.4, 0.5) is 0 Å². The molecule has 3 heteroatoms. The molecule has 0 fully saturated rings. The first-order chi connectivity index (χ1) is 7.04. The first-order valence-corrected chi connectivity index (χ1v) is 6.72. The molecule has 0 N–H and O–H groups in total. The monoisotopic (exact) mass is 334 g/mol. The normalized spacial score (nSPS) is 14.7. The van der Waals surface area contributed by atoms with Gasteiger partial charge in [-0.15, -0.1) is 0 Å². The van der Waals surface area contributed by atoms with Crippen molar-refractivity contribution in [3.8, 4) is 5.75 Å². The highest BCUT2D eigenvalue weighted by atomic mass is 79.9.